The lowest BCUT2D eigenvalue weighted by Crippen LogP contribution is -2.20. The number of hydrogen-bond donors (Lipinski definition) is 2. The van der Waals surface area contributed by atoms with Crippen molar-refractivity contribution in [1.29, 1.82) is 0 Å². The molecule has 0 aliphatic carbocycles. The Bertz CT molecular complexity index is 907. The molecule has 0 fully saturated rings. The summed E-state index contributed by atoms with van der Waals surface area (Å²) in [5.41, 5.74) is 2.78. The summed E-state index contributed by atoms with van der Waals surface area (Å²) in [6, 6.07) is 14.1. The van der Waals surface area contributed by atoms with E-state index in [0.717, 1.165) is 16.6 Å². The van der Waals surface area contributed by atoms with Gasteiger partial charge in [-0.05, 0) is 43.3 Å². The van der Waals surface area contributed by atoms with Gasteiger partial charge in [0, 0.05) is 16.1 Å². The van der Waals surface area contributed by atoms with Gasteiger partial charge in [0.25, 0.3) is 0 Å². The minimum Gasteiger partial charge on any atom is -0.495 e. The SMILES string of the molecule is COc1ccccc1NC(=O)Nc1cc(C)nc2cc(Cl)ccc12. The van der Waals surface area contributed by atoms with E-state index in [1.54, 1.807) is 31.4 Å². The molecule has 2 amide bonds. The van der Waals surface area contributed by atoms with Gasteiger partial charge in [0.1, 0.15) is 5.75 Å². The van der Waals surface area contributed by atoms with Crippen LogP contribution in [-0.4, -0.2) is 18.1 Å². The average molecular weight is 342 g/mol. The van der Waals surface area contributed by atoms with Crippen LogP contribution >= 0.6 is 11.6 Å². The summed E-state index contributed by atoms with van der Waals surface area (Å²) in [6.07, 6.45) is 0. The largest absolute Gasteiger partial charge is 0.495 e. The molecule has 0 unspecified atom stereocenters. The number of aromatic nitrogens is 1. The second-order valence-corrected chi connectivity index (χ2v) is 5.69. The molecule has 0 atom stereocenters. The van der Waals surface area contributed by atoms with Gasteiger partial charge in [0.15, 0.2) is 0 Å². The highest BCUT2D eigenvalue weighted by Crippen LogP contribution is 2.27. The van der Waals surface area contributed by atoms with Crippen molar-refractivity contribution in [2.45, 2.75) is 6.92 Å². The van der Waals surface area contributed by atoms with E-state index >= 15 is 0 Å². The topological polar surface area (TPSA) is 63.2 Å². The molecule has 0 saturated heterocycles. The number of amides is 2. The molecule has 2 aromatic carbocycles. The third-order valence-corrected chi connectivity index (χ3v) is 3.74. The van der Waals surface area contributed by atoms with Gasteiger partial charge < -0.3 is 15.4 Å². The number of pyridine rings is 1. The number of nitrogens with zero attached hydrogens (tertiary/aromatic N) is 1. The molecular weight excluding hydrogens is 326 g/mol. The Kier molecular flexibility index (Phi) is 4.53. The van der Waals surface area contributed by atoms with Crippen LogP contribution in [0.15, 0.2) is 48.5 Å². The standard InChI is InChI=1S/C18H16ClN3O2/c1-11-9-15(13-8-7-12(19)10-16(13)20-11)22-18(23)21-14-5-3-4-6-17(14)24-2/h3-10H,1-2H3,(H2,20,21,22,23). The van der Waals surface area contributed by atoms with Gasteiger partial charge >= 0.3 is 6.03 Å². The minimum atomic E-state index is -0.360. The second kappa shape index (κ2) is 6.76. The Morgan fingerprint density at radius 1 is 1.08 bits per heavy atom. The third kappa shape index (κ3) is 3.41. The lowest BCUT2D eigenvalue weighted by atomic mass is 10.1. The number of para-hydroxylation sites is 2. The van der Waals surface area contributed by atoms with E-state index in [0.29, 0.717) is 22.1 Å². The monoisotopic (exact) mass is 341 g/mol. The molecule has 1 heterocycles. The highest BCUT2D eigenvalue weighted by Gasteiger charge is 2.10. The first kappa shape index (κ1) is 16.1. The predicted octanol–water partition coefficient (Wildman–Crippen LogP) is 4.85. The zero-order chi connectivity index (χ0) is 17.1. The minimum absolute atomic E-state index is 0.360. The highest BCUT2D eigenvalue weighted by atomic mass is 35.5. The molecule has 2 N–H and O–H groups in total. The van der Waals surface area contributed by atoms with E-state index in [1.165, 1.54) is 0 Å². The summed E-state index contributed by atoms with van der Waals surface area (Å²) in [6.45, 7) is 1.86. The molecular formula is C18H16ClN3O2. The van der Waals surface area contributed by atoms with Gasteiger partial charge in [-0.25, -0.2) is 4.79 Å². The molecule has 3 rings (SSSR count). The van der Waals surface area contributed by atoms with Crippen molar-refractivity contribution in [3.63, 3.8) is 0 Å². The van der Waals surface area contributed by atoms with Crippen LogP contribution in [0.5, 0.6) is 5.75 Å². The van der Waals surface area contributed by atoms with E-state index in [1.807, 2.05) is 31.2 Å². The molecule has 6 heteroatoms. The van der Waals surface area contributed by atoms with Gasteiger partial charge in [-0.2, -0.15) is 0 Å². The zero-order valence-corrected chi connectivity index (χ0v) is 14.0. The van der Waals surface area contributed by atoms with Gasteiger partial charge in [-0.1, -0.05) is 23.7 Å². The number of carbonyl (C=O) groups excluding carboxylic acids is 1. The maximum absolute atomic E-state index is 12.3. The molecule has 0 aliphatic rings. The van der Waals surface area contributed by atoms with Gasteiger partial charge in [0.2, 0.25) is 0 Å². The zero-order valence-electron chi connectivity index (χ0n) is 13.3. The van der Waals surface area contributed by atoms with Crippen LogP contribution in [0.4, 0.5) is 16.2 Å². The number of nitrogens with one attached hydrogen (secondary N) is 2. The van der Waals surface area contributed by atoms with Crippen LogP contribution in [0.25, 0.3) is 10.9 Å². The average Bonchev–Trinajstić information content (AvgIpc) is 2.54. The number of carbonyl (C=O) groups is 1. The fourth-order valence-electron chi connectivity index (χ4n) is 2.46. The number of anilines is 2. The molecule has 0 radical (unpaired) electrons. The highest BCUT2D eigenvalue weighted by molar-refractivity contribution is 6.31. The van der Waals surface area contributed by atoms with Crippen molar-refractivity contribution >= 4 is 39.9 Å². The van der Waals surface area contributed by atoms with Gasteiger partial charge in [-0.15, -0.1) is 0 Å². The molecule has 1 aromatic heterocycles. The summed E-state index contributed by atoms with van der Waals surface area (Å²) < 4.78 is 5.23. The van der Waals surface area contributed by atoms with Crippen LogP contribution in [-0.2, 0) is 0 Å². The number of aryl methyl sites for hydroxylation is 1. The van der Waals surface area contributed by atoms with Crippen molar-refractivity contribution < 1.29 is 9.53 Å². The Balaban J connectivity index is 1.88. The Hall–Kier alpha value is -2.79. The van der Waals surface area contributed by atoms with Crippen molar-refractivity contribution in [1.82, 2.24) is 4.98 Å². The number of urea groups is 1. The molecule has 5 nitrogen and oxygen atoms in total. The molecule has 0 saturated carbocycles. The summed E-state index contributed by atoms with van der Waals surface area (Å²) in [5, 5.41) is 7.06. The number of halogens is 1. The first-order valence-electron chi connectivity index (χ1n) is 7.35. The van der Waals surface area contributed by atoms with E-state index in [4.69, 9.17) is 16.3 Å². The predicted molar refractivity (Wildman–Crippen MR) is 97.1 cm³/mol. The van der Waals surface area contributed by atoms with Crippen LogP contribution < -0.4 is 15.4 Å². The van der Waals surface area contributed by atoms with Crippen molar-refractivity contribution in [2.24, 2.45) is 0 Å². The van der Waals surface area contributed by atoms with Crippen molar-refractivity contribution in [3.8, 4) is 5.75 Å². The Morgan fingerprint density at radius 2 is 1.83 bits per heavy atom. The summed E-state index contributed by atoms with van der Waals surface area (Å²) in [7, 11) is 1.56. The first-order valence-corrected chi connectivity index (χ1v) is 7.72. The van der Waals surface area contributed by atoms with Crippen LogP contribution in [0.2, 0.25) is 5.02 Å². The fourth-order valence-corrected chi connectivity index (χ4v) is 2.63. The Labute approximate surface area is 144 Å². The summed E-state index contributed by atoms with van der Waals surface area (Å²) in [4.78, 5) is 16.8. The maximum Gasteiger partial charge on any atom is 0.323 e. The van der Waals surface area contributed by atoms with E-state index in [-0.39, 0.29) is 6.03 Å². The van der Waals surface area contributed by atoms with Gasteiger partial charge in [0.05, 0.1) is 24.0 Å². The normalized spacial score (nSPS) is 10.5. The first-order chi connectivity index (χ1) is 11.6. The number of methoxy groups -OCH3 is 1. The lowest BCUT2D eigenvalue weighted by molar-refractivity contribution is 0.262. The fraction of sp³-hybridized carbons (Fsp3) is 0.111. The maximum atomic E-state index is 12.3. The number of hydrogen-bond acceptors (Lipinski definition) is 3. The van der Waals surface area contributed by atoms with E-state index in [9.17, 15) is 4.79 Å². The number of fused-ring (bicyclic) bond motifs is 1. The van der Waals surface area contributed by atoms with Crippen molar-refractivity contribution in [3.05, 3.63) is 59.2 Å². The molecule has 0 aliphatic heterocycles. The lowest BCUT2D eigenvalue weighted by Gasteiger charge is -2.13. The van der Waals surface area contributed by atoms with Crippen molar-refractivity contribution in [2.75, 3.05) is 17.7 Å². The Morgan fingerprint density at radius 3 is 2.62 bits per heavy atom. The number of rotatable bonds is 3. The van der Waals surface area contributed by atoms with Crippen LogP contribution in [0, 0.1) is 6.92 Å². The molecule has 122 valence electrons. The van der Waals surface area contributed by atoms with Crippen LogP contribution in [0.1, 0.15) is 5.69 Å². The van der Waals surface area contributed by atoms with Gasteiger partial charge in [-0.3, -0.25) is 4.98 Å². The quantitative estimate of drug-likeness (QED) is 0.715. The number of ether oxygens (including phenoxy) is 1. The third-order valence-electron chi connectivity index (χ3n) is 3.50. The molecule has 3 aromatic rings. The molecule has 24 heavy (non-hydrogen) atoms. The van der Waals surface area contributed by atoms with E-state index < -0.39 is 0 Å². The molecule has 0 spiro atoms. The van der Waals surface area contributed by atoms with E-state index in [2.05, 4.69) is 15.6 Å². The summed E-state index contributed by atoms with van der Waals surface area (Å²) in [5.74, 6) is 0.593. The number of benzene rings is 2. The van der Waals surface area contributed by atoms with Crippen LogP contribution in [0.3, 0.4) is 0 Å². The molecule has 0 bridgehead atoms. The second-order valence-electron chi connectivity index (χ2n) is 5.25. The summed E-state index contributed by atoms with van der Waals surface area (Å²) >= 11 is 6.02. The smallest absolute Gasteiger partial charge is 0.323 e.